The molecule has 0 aliphatic carbocycles. The van der Waals surface area contributed by atoms with Crippen molar-refractivity contribution in [2.24, 2.45) is 0 Å². The number of ether oxygens (including phenoxy) is 1. The summed E-state index contributed by atoms with van der Waals surface area (Å²) in [6.07, 6.45) is 10.7. The Kier molecular flexibility index (Phi) is 8.89. The smallest absolute Gasteiger partial charge is 0.330 e. The van der Waals surface area contributed by atoms with Crippen LogP contribution >= 0.6 is 0 Å². The van der Waals surface area contributed by atoms with Gasteiger partial charge in [0.2, 0.25) is 0 Å². The molecule has 2 aromatic carbocycles. The van der Waals surface area contributed by atoms with Gasteiger partial charge in [-0.2, -0.15) is 0 Å². The molecule has 0 bridgehead atoms. The van der Waals surface area contributed by atoms with Gasteiger partial charge < -0.3 is 9.64 Å². The lowest BCUT2D eigenvalue weighted by Crippen LogP contribution is -2.15. The molecule has 0 atom stereocenters. The lowest BCUT2D eigenvalue weighted by Gasteiger charge is -2.27. The van der Waals surface area contributed by atoms with Gasteiger partial charge in [0.05, 0.1) is 6.61 Å². The van der Waals surface area contributed by atoms with Crippen LogP contribution in [-0.2, 0) is 16.0 Å². The summed E-state index contributed by atoms with van der Waals surface area (Å²) in [5.41, 5.74) is 6.95. The molecule has 0 spiro atoms. The van der Waals surface area contributed by atoms with E-state index in [9.17, 15) is 4.79 Å². The quantitative estimate of drug-likeness (QED) is 0.191. The number of esters is 1. The van der Waals surface area contributed by atoms with E-state index in [-0.39, 0.29) is 5.97 Å². The van der Waals surface area contributed by atoms with Crippen LogP contribution in [-0.4, -0.2) is 12.6 Å². The third-order valence-corrected chi connectivity index (χ3v) is 4.85. The first-order valence-electron chi connectivity index (χ1n) is 10.2. The van der Waals surface area contributed by atoms with Gasteiger partial charge in [0.1, 0.15) is 0 Å². The van der Waals surface area contributed by atoms with E-state index in [1.54, 1.807) is 0 Å². The number of hydrogen-bond acceptors (Lipinski definition) is 3. The Balaban J connectivity index is 2.28. The Bertz CT molecular complexity index is 936. The SMILES string of the molecule is C=C/C=C(\C=C/C)N(c1ccc(CCCOC(=O)C=C)cc1)c1ccc(C)c(C)c1. The summed E-state index contributed by atoms with van der Waals surface area (Å²) in [5, 5.41) is 0. The predicted octanol–water partition coefficient (Wildman–Crippen LogP) is 6.75. The van der Waals surface area contributed by atoms with Crippen LogP contribution in [0.2, 0.25) is 0 Å². The van der Waals surface area contributed by atoms with Crippen molar-refractivity contribution < 1.29 is 9.53 Å². The lowest BCUT2D eigenvalue weighted by atomic mass is 10.1. The maximum absolute atomic E-state index is 11.1. The van der Waals surface area contributed by atoms with E-state index in [0.29, 0.717) is 6.61 Å². The molecule has 0 aromatic heterocycles. The number of carbonyl (C=O) groups is 1. The summed E-state index contributed by atoms with van der Waals surface area (Å²) in [7, 11) is 0. The number of nitrogens with zero attached hydrogens (tertiary/aromatic N) is 1. The first-order chi connectivity index (χ1) is 14.5. The van der Waals surface area contributed by atoms with Crippen LogP contribution in [0.25, 0.3) is 0 Å². The average Bonchev–Trinajstić information content (AvgIpc) is 2.75. The van der Waals surface area contributed by atoms with Gasteiger partial charge in [0.25, 0.3) is 0 Å². The van der Waals surface area contributed by atoms with E-state index < -0.39 is 0 Å². The average molecular weight is 402 g/mol. The Morgan fingerprint density at radius 3 is 2.33 bits per heavy atom. The highest BCUT2D eigenvalue weighted by atomic mass is 16.5. The Labute approximate surface area is 180 Å². The van der Waals surface area contributed by atoms with Gasteiger partial charge in [0, 0.05) is 23.1 Å². The highest BCUT2D eigenvalue weighted by molar-refractivity contribution is 5.81. The summed E-state index contributed by atoms with van der Waals surface area (Å²) in [6, 6.07) is 15.0. The van der Waals surface area contributed by atoms with E-state index in [1.807, 2.05) is 25.2 Å². The van der Waals surface area contributed by atoms with Crippen LogP contribution < -0.4 is 4.90 Å². The maximum atomic E-state index is 11.1. The molecule has 0 radical (unpaired) electrons. The zero-order chi connectivity index (χ0) is 21.9. The third kappa shape index (κ3) is 6.35. The fourth-order valence-corrected chi connectivity index (χ4v) is 3.13. The summed E-state index contributed by atoms with van der Waals surface area (Å²) < 4.78 is 5.05. The highest BCUT2D eigenvalue weighted by Crippen LogP contribution is 2.32. The number of allylic oxidation sites excluding steroid dienone is 4. The fraction of sp³-hybridized carbons (Fsp3) is 0.222. The molecular formula is C27H31NO2. The lowest BCUT2D eigenvalue weighted by molar-refractivity contribution is -0.137. The molecule has 0 saturated carbocycles. The number of rotatable bonds is 10. The second-order valence-electron chi connectivity index (χ2n) is 7.07. The van der Waals surface area contributed by atoms with Gasteiger partial charge in [-0.1, -0.05) is 43.5 Å². The summed E-state index contributed by atoms with van der Waals surface area (Å²) in [6.45, 7) is 13.9. The number of anilines is 2. The standard InChI is InChI=1S/C27H31NO2/c1-6-10-24(11-7-2)28(26-16-13-21(4)22(5)20-26)25-17-14-23(15-18-25)12-9-19-30-27(29)8-3/h6-8,10-11,13-18,20H,1,3,9,12,19H2,2,4-5H3/b11-7-,24-10+. The van der Waals surface area contributed by atoms with E-state index in [0.717, 1.165) is 29.9 Å². The molecule has 3 nitrogen and oxygen atoms in total. The fourth-order valence-electron chi connectivity index (χ4n) is 3.13. The monoisotopic (exact) mass is 401 g/mol. The van der Waals surface area contributed by atoms with Crippen LogP contribution in [0.4, 0.5) is 11.4 Å². The second-order valence-corrected chi connectivity index (χ2v) is 7.07. The molecular weight excluding hydrogens is 370 g/mol. The molecule has 0 unspecified atom stereocenters. The van der Waals surface area contributed by atoms with Crippen molar-refractivity contribution in [3.8, 4) is 0 Å². The molecule has 0 amide bonds. The predicted molar refractivity (Wildman–Crippen MR) is 127 cm³/mol. The zero-order valence-corrected chi connectivity index (χ0v) is 18.2. The van der Waals surface area contributed by atoms with Gasteiger partial charge in [-0.05, 0) is 86.7 Å². The van der Waals surface area contributed by atoms with E-state index in [1.165, 1.54) is 22.8 Å². The van der Waals surface area contributed by atoms with Gasteiger partial charge in [0.15, 0.2) is 0 Å². The van der Waals surface area contributed by atoms with Gasteiger partial charge in [-0.25, -0.2) is 4.79 Å². The third-order valence-electron chi connectivity index (χ3n) is 4.85. The van der Waals surface area contributed by atoms with Gasteiger partial charge in [-0.15, -0.1) is 0 Å². The Morgan fingerprint density at radius 2 is 1.73 bits per heavy atom. The van der Waals surface area contributed by atoms with Crippen LogP contribution in [0, 0.1) is 13.8 Å². The number of aryl methyl sites for hydroxylation is 3. The maximum Gasteiger partial charge on any atom is 0.330 e. The minimum absolute atomic E-state index is 0.375. The molecule has 156 valence electrons. The molecule has 0 heterocycles. The van der Waals surface area contributed by atoms with E-state index >= 15 is 0 Å². The summed E-state index contributed by atoms with van der Waals surface area (Å²) >= 11 is 0. The minimum Gasteiger partial charge on any atom is -0.463 e. The number of hydrogen-bond donors (Lipinski definition) is 0. The summed E-state index contributed by atoms with van der Waals surface area (Å²) in [4.78, 5) is 13.4. The first-order valence-corrected chi connectivity index (χ1v) is 10.2. The van der Waals surface area contributed by atoms with Crippen molar-refractivity contribution in [3.05, 3.63) is 108 Å². The van der Waals surface area contributed by atoms with Gasteiger partial charge >= 0.3 is 5.97 Å². The van der Waals surface area contributed by atoms with Crippen molar-refractivity contribution in [3.63, 3.8) is 0 Å². The summed E-state index contributed by atoms with van der Waals surface area (Å²) in [5.74, 6) is -0.375. The molecule has 0 N–H and O–H groups in total. The molecule has 2 aromatic rings. The van der Waals surface area contributed by atoms with Crippen molar-refractivity contribution in [2.75, 3.05) is 11.5 Å². The van der Waals surface area contributed by atoms with Crippen molar-refractivity contribution in [1.29, 1.82) is 0 Å². The van der Waals surface area contributed by atoms with Crippen molar-refractivity contribution in [1.82, 2.24) is 0 Å². The van der Waals surface area contributed by atoms with Crippen LogP contribution in [0.3, 0.4) is 0 Å². The Hall–Kier alpha value is -3.33. The molecule has 0 aliphatic heterocycles. The molecule has 30 heavy (non-hydrogen) atoms. The molecule has 0 aliphatic rings. The molecule has 0 fully saturated rings. The topological polar surface area (TPSA) is 29.5 Å². The van der Waals surface area contributed by atoms with Crippen LogP contribution in [0.1, 0.15) is 30.0 Å². The largest absolute Gasteiger partial charge is 0.463 e. The number of benzene rings is 2. The Morgan fingerprint density at radius 1 is 1.03 bits per heavy atom. The number of carbonyl (C=O) groups excluding carboxylic acids is 1. The van der Waals surface area contributed by atoms with Crippen molar-refractivity contribution in [2.45, 2.75) is 33.6 Å². The second kappa shape index (κ2) is 11.6. The normalized spacial score (nSPS) is 11.4. The molecule has 2 rings (SSSR count). The molecule has 3 heteroatoms. The van der Waals surface area contributed by atoms with Crippen LogP contribution in [0.5, 0.6) is 0 Å². The zero-order valence-electron chi connectivity index (χ0n) is 18.2. The van der Waals surface area contributed by atoms with E-state index in [4.69, 9.17) is 4.74 Å². The van der Waals surface area contributed by atoms with E-state index in [2.05, 4.69) is 80.4 Å². The van der Waals surface area contributed by atoms with Gasteiger partial charge in [-0.3, -0.25) is 0 Å². The van der Waals surface area contributed by atoms with Crippen molar-refractivity contribution >= 4 is 17.3 Å². The highest BCUT2D eigenvalue weighted by Gasteiger charge is 2.13. The minimum atomic E-state index is -0.375. The first kappa shape index (κ1) is 23.0. The van der Waals surface area contributed by atoms with Crippen LogP contribution in [0.15, 0.2) is 91.7 Å². The molecule has 0 saturated heterocycles.